The maximum Gasteiger partial charge on any atom is 0.0562 e. The maximum absolute atomic E-state index is 6.38. The van der Waals surface area contributed by atoms with E-state index >= 15 is 0 Å². The van der Waals surface area contributed by atoms with Crippen molar-refractivity contribution in [2.75, 3.05) is 0 Å². The van der Waals surface area contributed by atoms with Crippen molar-refractivity contribution in [2.24, 2.45) is 5.73 Å². The minimum atomic E-state index is -0.0787. The minimum Gasteiger partial charge on any atom is -0.320 e. The van der Waals surface area contributed by atoms with Gasteiger partial charge in [-0.05, 0) is 36.1 Å². The van der Waals surface area contributed by atoms with Gasteiger partial charge in [0.05, 0.1) is 6.04 Å². The van der Waals surface area contributed by atoms with Gasteiger partial charge < -0.3 is 5.73 Å². The third-order valence-electron chi connectivity index (χ3n) is 3.36. The average Bonchev–Trinajstić information content (AvgIpc) is 2.42. The topological polar surface area (TPSA) is 26.0 Å². The van der Waals surface area contributed by atoms with Gasteiger partial charge in [-0.2, -0.15) is 0 Å². The molecule has 2 aromatic carbocycles. The first-order valence-corrected chi connectivity index (χ1v) is 7.51. The second kappa shape index (κ2) is 6.36. The summed E-state index contributed by atoms with van der Waals surface area (Å²) in [6.45, 7) is 4.29. The van der Waals surface area contributed by atoms with Crippen LogP contribution in [0.1, 0.15) is 41.6 Å². The summed E-state index contributed by atoms with van der Waals surface area (Å²) in [7, 11) is 0. The van der Waals surface area contributed by atoms with Crippen LogP contribution in [0, 0.1) is 6.92 Å². The Balaban J connectivity index is 2.27. The predicted octanol–water partition coefficient (Wildman–Crippen LogP) is 4.76. The molecule has 0 aliphatic carbocycles. The number of benzene rings is 2. The van der Waals surface area contributed by atoms with Gasteiger partial charge in [0, 0.05) is 4.47 Å². The zero-order valence-corrected chi connectivity index (χ0v) is 13.1. The van der Waals surface area contributed by atoms with Crippen LogP contribution in [0.2, 0.25) is 0 Å². The molecule has 19 heavy (non-hydrogen) atoms. The number of hydrogen-bond acceptors (Lipinski definition) is 1. The normalized spacial score (nSPS) is 12.4. The molecule has 0 saturated heterocycles. The number of halogens is 1. The fourth-order valence-corrected chi connectivity index (χ4v) is 2.75. The van der Waals surface area contributed by atoms with Crippen molar-refractivity contribution in [1.29, 1.82) is 0 Å². The fourth-order valence-electron chi connectivity index (χ4n) is 2.26. The Hall–Kier alpha value is -1.12. The highest BCUT2D eigenvalue weighted by atomic mass is 79.9. The quantitative estimate of drug-likeness (QED) is 0.864. The van der Waals surface area contributed by atoms with Crippen LogP contribution < -0.4 is 5.73 Å². The van der Waals surface area contributed by atoms with Gasteiger partial charge in [0.2, 0.25) is 0 Å². The lowest BCUT2D eigenvalue weighted by atomic mass is 9.97. The van der Waals surface area contributed by atoms with Crippen molar-refractivity contribution in [2.45, 2.75) is 32.7 Å². The molecule has 0 bridgehead atoms. The molecule has 0 radical (unpaired) electrons. The van der Waals surface area contributed by atoms with Crippen LogP contribution in [0.5, 0.6) is 0 Å². The van der Waals surface area contributed by atoms with Crippen molar-refractivity contribution in [3.63, 3.8) is 0 Å². The highest BCUT2D eigenvalue weighted by Gasteiger charge is 2.12. The van der Waals surface area contributed by atoms with E-state index in [1.165, 1.54) is 17.5 Å². The standard InChI is InChI=1S/C17H20BrN/c1-3-4-13-6-8-14(9-7-13)17(19)15-11-12(2)5-10-16(15)18/h5-11,17H,3-4,19H2,1-2H3. The summed E-state index contributed by atoms with van der Waals surface area (Å²) in [6.07, 6.45) is 2.30. The van der Waals surface area contributed by atoms with Gasteiger partial charge in [0.25, 0.3) is 0 Å². The van der Waals surface area contributed by atoms with Gasteiger partial charge in [0.15, 0.2) is 0 Å². The van der Waals surface area contributed by atoms with Crippen LogP contribution in [0.15, 0.2) is 46.9 Å². The third-order valence-corrected chi connectivity index (χ3v) is 4.09. The zero-order valence-electron chi connectivity index (χ0n) is 11.5. The van der Waals surface area contributed by atoms with Gasteiger partial charge in [-0.15, -0.1) is 0 Å². The highest BCUT2D eigenvalue weighted by Crippen LogP contribution is 2.28. The molecule has 0 fully saturated rings. The largest absolute Gasteiger partial charge is 0.320 e. The lowest BCUT2D eigenvalue weighted by Crippen LogP contribution is -2.12. The molecule has 1 nitrogen and oxygen atoms in total. The van der Waals surface area contributed by atoms with E-state index in [-0.39, 0.29) is 6.04 Å². The summed E-state index contributed by atoms with van der Waals surface area (Å²) in [6, 6.07) is 14.9. The Labute approximate surface area is 124 Å². The van der Waals surface area contributed by atoms with Crippen LogP contribution in [0.3, 0.4) is 0 Å². The van der Waals surface area contributed by atoms with E-state index in [2.05, 4.69) is 72.2 Å². The molecule has 2 heteroatoms. The Morgan fingerprint density at radius 3 is 2.42 bits per heavy atom. The number of rotatable bonds is 4. The summed E-state index contributed by atoms with van der Waals surface area (Å²) >= 11 is 3.59. The van der Waals surface area contributed by atoms with Gasteiger partial charge in [-0.25, -0.2) is 0 Å². The van der Waals surface area contributed by atoms with Crippen LogP contribution in [-0.2, 0) is 6.42 Å². The summed E-state index contributed by atoms with van der Waals surface area (Å²) in [5.41, 5.74) is 11.3. The Kier molecular flexibility index (Phi) is 4.78. The van der Waals surface area contributed by atoms with Gasteiger partial charge in [-0.1, -0.05) is 71.2 Å². The van der Waals surface area contributed by atoms with E-state index in [4.69, 9.17) is 5.73 Å². The van der Waals surface area contributed by atoms with E-state index in [1.54, 1.807) is 0 Å². The molecule has 0 aliphatic rings. The molecule has 2 aromatic rings. The average molecular weight is 318 g/mol. The zero-order chi connectivity index (χ0) is 13.8. The summed E-state index contributed by atoms with van der Waals surface area (Å²) in [4.78, 5) is 0. The maximum atomic E-state index is 6.38. The van der Waals surface area contributed by atoms with E-state index < -0.39 is 0 Å². The Morgan fingerprint density at radius 2 is 1.79 bits per heavy atom. The SMILES string of the molecule is CCCc1ccc(C(N)c2cc(C)ccc2Br)cc1. The van der Waals surface area contributed by atoms with Gasteiger partial charge >= 0.3 is 0 Å². The molecule has 0 saturated carbocycles. The molecule has 1 unspecified atom stereocenters. The first kappa shape index (κ1) is 14.3. The first-order chi connectivity index (χ1) is 9.11. The lowest BCUT2D eigenvalue weighted by molar-refractivity contribution is 0.858. The highest BCUT2D eigenvalue weighted by molar-refractivity contribution is 9.10. The summed E-state index contributed by atoms with van der Waals surface area (Å²) < 4.78 is 1.07. The summed E-state index contributed by atoms with van der Waals surface area (Å²) in [5.74, 6) is 0. The number of nitrogens with two attached hydrogens (primary N) is 1. The van der Waals surface area contributed by atoms with Crippen LogP contribution in [0.25, 0.3) is 0 Å². The van der Waals surface area contributed by atoms with Crippen molar-refractivity contribution in [1.82, 2.24) is 0 Å². The summed E-state index contributed by atoms with van der Waals surface area (Å²) in [5, 5.41) is 0. The van der Waals surface area contributed by atoms with Crippen LogP contribution in [0.4, 0.5) is 0 Å². The molecule has 0 amide bonds. The van der Waals surface area contributed by atoms with Crippen molar-refractivity contribution >= 4 is 15.9 Å². The van der Waals surface area contributed by atoms with Crippen molar-refractivity contribution in [3.05, 3.63) is 69.2 Å². The number of hydrogen-bond donors (Lipinski definition) is 1. The lowest BCUT2D eigenvalue weighted by Gasteiger charge is -2.15. The van der Waals surface area contributed by atoms with Crippen LogP contribution in [-0.4, -0.2) is 0 Å². The Bertz CT molecular complexity index is 546. The molecule has 2 rings (SSSR count). The second-order valence-electron chi connectivity index (χ2n) is 4.99. The molecule has 100 valence electrons. The van der Waals surface area contributed by atoms with E-state index in [9.17, 15) is 0 Å². The second-order valence-corrected chi connectivity index (χ2v) is 5.85. The number of aryl methyl sites for hydroxylation is 2. The molecular formula is C17H20BrN. The Morgan fingerprint density at radius 1 is 1.11 bits per heavy atom. The molecule has 0 aliphatic heterocycles. The smallest absolute Gasteiger partial charge is 0.0562 e. The molecule has 0 spiro atoms. The van der Waals surface area contributed by atoms with E-state index in [0.717, 1.165) is 22.0 Å². The monoisotopic (exact) mass is 317 g/mol. The third kappa shape index (κ3) is 3.46. The van der Waals surface area contributed by atoms with E-state index in [1.807, 2.05) is 0 Å². The van der Waals surface area contributed by atoms with E-state index in [0.29, 0.717) is 0 Å². The van der Waals surface area contributed by atoms with Crippen molar-refractivity contribution < 1.29 is 0 Å². The molecule has 1 atom stereocenters. The molecular weight excluding hydrogens is 298 g/mol. The van der Waals surface area contributed by atoms with Crippen molar-refractivity contribution in [3.8, 4) is 0 Å². The predicted molar refractivity (Wildman–Crippen MR) is 85.3 cm³/mol. The first-order valence-electron chi connectivity index (χ1n) is 6.72. The van der Waals surface area contributed by atoms with Gasteiger partial charge in [0.1, 0.15) is 0 Å². The van der Waals surface area contributed by atoms with Gasteiger partial charge in [-0.3, -0.25) is 0 Å². The fraction of sp³-hybridized carbons (Fsp3) is 0.294. The molecule has 2 N–H and O–H groups in total. The minimum absolute atomic E-state index is 0.0787. The molecule has 0 heterocycles. The molecule has 0 aromatic heterocycles. The van der Waals surface area contributed by atoms with Crippen LogP contribution >= 0.6 is 15.9 Å².